The number of ether oxygens (including phenoxy) is 2. The van der Waals surface area contributed by atoms with Crippen LogP contribution in [0, 0.1) is 0 Å². The summed E-state index contributed by atoms with van der Waals surface area (Å²) in [7, 11) is 2.94. The third kappa shape index (κ3) is 3.04. The number of esters is 1. The first kappa shape index (κ1) is 13.0. The molecule has 0 aliphatic heterocycles. The van der Waals surface area contributed by atoms with Crippen molar-refractivity contribution in [3.63, 3.8) is 0 Å². The van der Waals surface area contributed by atoms with Gasteiger partial charge < -0.3 is 14.8 Å². The molecule has 0 aliphatic carbocycles. The van der Waals surface area contributed by atoms with Crippen molar-refractivity contribution in [1.82, 2.24) is 0 Å². The summed E-state index contributed by atoms with van der Waals surface area (Å²) in [4.78, 5) is 11.7. The molecule has 0 fully saturated rings. The molecule has 1 N–H and O–H groups in total. The minimum atomic E-state index is -0.388. The standard InChI is InChI=1S/C15H15NO3/c1-18-12-8-9-13(15(17)19-2)14(10-12)16-11-6-4-3-5-7-11/h3-10,16H,1-2H3. The van der Waals surface area contributed by atoms with Gasteiger partial charge in [-0.1, -0.05) is 18.2 Å². The molecule has 0 saturated carbocycles. The molecule has 98 valence electrons. The molecule has 0 unspecified atom stereocenters. The Labute approximate surface area is 112 Å². The summed E-state index contributed by atoms with van der Waals surface area (Å²) in [5, 5.41) is 3.18. The van der Waals surface area contributed by atoms with Gasteiger partial charge in [0.15, 0.2) is 0 Å². The fourth-order valence-corrected chi connectivity index (χ4v) is 1.72. The zero-order valence-corrected chi connectivity index (χ0v) is 10.8. The van der Waals surface area contributed by atoms with E-state index in [1.165, 1.54) is 7.11 Å². The van der Waals surface area contributed by atoms with E-state index in [9.17, 15) is 4.79 Å². The molecule has 0 heterocycles. The monoisotopic (exact) mass is 257 g/mol. The highest BCUT2D eigenvalue weighted by molar-refractivity contribution is 5.96. The third-order valence-electron chi connectivity index (χ3n) is 2.68. The van der Waals surface area contributed by atoms with Crippen LogP contribution >= 0.6 is 0 Å². The van der Waals surface area contributed by atoms with E-state index < -0.39 is 0 Å². The van der Waals surface area contributed by atoms with Crippen molar-refractivity contribution in [2.75, 3.05) is 19.5 Å². The van der Waals surface area contributed by atoms with Crippen LogP contribution in [0.2, 0.25) is 0 Å². The molecule has 4 heteroatoms. The van der Waals surface area contributed by atoms with Crippen LogP contribution in [0.3, 0.4) is 0 Å². The van der Waals surface area contributed by atoms with Crippen molar-refractivity contribution in [1.29, 1.82) is 0 Å². The number of methoxy groups -OCH3 is 2. The van der Waals surface area contributed by atoms with E-state index in [1.807, 2.05) is 30.3 Å². The van der Waals surface area contributed by atoms with Gasteiger partial charge in [0.25, 0.3) is 0 Å². The van der Waals surface area contributed by atoms with Crippen molar-refractivity contribution < 1.29 is 14.3 Å². The normalized spacial score (nSPS) is 9.79. The molecule has 2 aromatic carbocycles. The van der Waals surface area contributed by atoms with Crippen molar-refractivity contribution in [3.8, 4) is 5.75 Å². The molecule has 0 amide bonds. The smallest absolute Gasteiger partial charge is 0.339 e. The number of nitrogens with one attached hydrogen (secondary N) is 1. The molecule has 0 aromatic heterocycles. The van der Waals surface area contributed by atoms with Crippen LogP contribution in [0.1, 0.15) is 10.4 Å². The molecule has 0 atom stereocenters. The maximum absolute atomic E-state index is 11.7. The van der Waals surface area contributed by atoms with Gasteiger partial charge in [0, 0.05) is 11.8 Å². The third-order valence-corrected chi connectivity index (χ3v) is 2.68. The highest BCUT2D eigenvalue weighted by Gasteiger charge is 2.12. The Morgan fingerprint density at radius 2 is 1.79 bits per heavy atom. The van der Waals surface area contributed by atoms with Crippen molar-refractivity contribution in [2.24, 2.45) is 0 Å². The van der Waals surface area contributed by atoms with Crippen LogP contribution in [-0.2, 0) is 4.74 Å². The number of carbonyl (C=O) groups is 1. The second-order valence-corrected chi connectivity index (χ2v) is 3.89. The Bertz CT molecular complexity index is 567. The van der Waals surface area contributed by atoms with E-state index in [2.05, 4.69) is 5.32 Å². The number of hydrogen-bond acceptors (Lipinski definition) is 4. The minimum Gasteiger partial charge on any atom is -0.497 e. The SMILES string of the molecule is COC(=O)c1ccc(OC)cc1Nc1ccccc1. The molecule has 0 radical (unpaired) electrons. The number of benzene rings is 2. The molecule has 0 spiro atoms. The summed E-state index contributed by atoms with van der Waals surface area (Å²) in [5.41, 5.74) is 2.01. The van der Waals surface area contributed by atoms with Crippen LogP contribution in [0.25, 0.3) is 0 Å². The summed E-state index contributed by atoms with van der Waals surface area (Å²) in [6, 6.07) is 14.8. The van der Waals surface area contributed by atoms with Gasteiger partial charge in [-0.25, -0.2) is 4.79 Å². The highest BCUT2D eigenvalue weighted by Crippen LogP contribution is 2.26. The van der Waals surface area contributed by atoms with Crippen molar-refractivity contribution >= 4 is 17.3 Å². The zero-order valence-electron chi connectivity index (χ0n) is 10.8. The molecule has 0 aliphatic rings. The van der Waals surface area contributed by atoms with E-state index in [-0.39, 0.29) is 5.97 Å². The lowest BCUT2D eigenvalue weighted by molar-refractivity contribution is 0.0602. The Kier molecular flexibility index (Phi) is 4.03. The average molecular weight is 257 g/mol. The number of rotatable bonds is 4. The van der Waals surface area contributed by atoms with Crippen molar-refractivity contribution in [2.45, 2.75) is 0 Å². The lowest BCUT2D eigenvalue weighted by Gasteiger charge is -2.12. The Morgan fingerprint density at radius 3 is 2.42 bits per heavy atom. The number of carbonyl (C=O) groups excluding carboxylic acids is 1. The highest BCUT2D eigenvalue weighted by atomic mass is 16.5. The van der Waals surface area contributed by atoms with Crippen LogP contribution in [0.5, 0.6) is 5.75 Å². The van der Waals surface area contributed by atoms with Gasteiger partial charge in [0.1, 0.15) is 5.75 Å². The van der Waals surface area contributed by atoms with Crippen LogP contribution in [0.4, 0.5) is 11.4 Å². The first-order valence-electron chi connectivity index (χ1n) is 5.83. The van der Waals surface area contributed by atoms with Gasteiger partial charge in [-0.15, -0.1) is 0 Å². The summed E-state index contributed by atoms with van der Waals surface area (Å²) in [6.45, 7) is 0. The second kappa shape index (κ2) is 5.91. The van der Waals surface area contributed by atoms with Gasteiger partial charge in [-0.2, -0.15) is 0 Å². The van der Waals surface area contributed by atoms with E-state index in [0.717, 1.165) is 5.69 Å². The molecular formula is C15H15NO3. The summed E-state index contributed by atoms with van der Waals surface area (Å²) >= 11 is 0. The predicted molar refractivity (Wildman–Crippen MR) is 74.1 cm³/mol. The largest absolute Gasteiger partial charge is 0.497 e. The van der Waals surface area contributed by atoms with Crippen LogP contribution < -0.4 is 10.1 Å². The Balaban J connectivity index is 2.38. The minimum absolute atomic E-state index is 0.388. The number of hydrogen-bond donors (Lipinski definition) is 1. The fraction of sp³-hybridized carbons (Fsp3) is 0.133. The van der Waals surface area contributed by atoms with Crippen LogP contribution in [-0.4, -0.2) is 20.2 Å². The predicted octanol–water partition coefficient (Wildman–Crippen LogP) is 3.23. The summed E-state index contributed by atoms with van der Waals surface area (Å²) < 4.78 is 9.94. The summed E-state index contributed by atoms with van der Waals surface area (Å²) in [6.07, 6.45) is 0. The fourth-order valence-electron chi connectivity index (χ4n) is 1.72. The lowest BCUT2D eigenvalue weighted by Crippen LogP contribution is -2.05. The average Bonchev–Trinajstić information content (AvgIpc) is 2.47. The maximum Gasteiger partial charge on any atom is 0.339 e. The summed E-state index contributed by atoms with van der Waals surface area (Å²) in [5.74, 6) is 0.284. The maximum atomic E-state index is 11.7. The van der Waals surface area contributed by atoms with Gasteiger partial charge in [-0.3, -0.25) is 0 Å². The Hall–Kier alpha value is -2.49. The second-order valence-electron chi connectivity index (χ2n) is 3.89. The molecule has 2 aromatic rings. The van der Waals surface area contributed by atoms with E-state index in [4.69, 9.17) is 9.47 Å². The van der Waals surface area contributed by atoms with E-state index in [0.29, 0.717) is 17.0 Å². The molecule has 4 nitrogen and oxygen atoms in total. The Morgan fingerprint density at radius 1 is 1.05 bits per heavy atom. The van der Waals surface area contributed by atoms with Gasteiger partial charge in [-0.05, 0) is 24.3 Å². The molecular weight excluding hydrogens is 242 g/mol. The quantitative estimate of drug-likeness (QED) is 0.854. The zero-order chi connectivity index (χ0) is 13.7. The lowest BCUT2D eigenvalue weighted by atomic mass is 10.1. The van der Waals surface area contributed by atoms with Crippen molar-refractivity contribution in [3.05, 3.63) is 54.1 Å². The van der Waals surface area contributed by atoms with Gasteiger partial charge >= 0.3 is 5.97 Å². The first-order valence-corrected chi connectivity index (χ1v) is 5.83. The topological polar surface area (TPSA) is 47.6 Å². The molecule has 0 saturated heterocycles. The number of para-hydroxylation sites is 1. The van der Waals surface area contributed by atoms with Crippen LogP contribution in [0.15, 0.2) is 48.5 Å². The first-order chi connectivity index (χ1) is 9.24. The molecule has 19 heavy (non-hydrogen) atoms. The van der Waals surface area contributed by atoms with Gasteiger partial charge in [0.2, 0.25) is 0 Å². The number of anilines is 2. The van der Waals surface area contributed by atoms with E-state index >= 15 is 0 Å². The molecule has 0 bridgehead atoms. The molecule has 2 rings (SSSR count). The van der Waals surface area contributed by atoms with E-state index in [1.54, 1.807) is 25.3 Å². The van der Waals surface area contributed by atoms with Gasteiger partial charge in [0.05, 0.1) is 25.5 Å².